The maximum Gasteiger partial charge on any atom is 0.172 e. The molecule has 2 rings (SSSR count). The van der Waals surface area contributed by atoms with Crippen molar-refractivity contribution < 1.29 is 8.42 Å². The van der Waals surface area contributed by atoms with Crippen molar-refractivity contribution in [1.29, 1.82) is 0 Å². The lowest BCUT2D eigenvalue weighted by Crippen LogP contribution is -2.40. The lowest BCUT2D eigenvalue weighted by atomic mass is 9.91. The maximum atomic E-state index is 11.6. The average molecular weight is 293 g/mol. The molecule has 1 aliphatic heterocycles. The number of likely N-dealkylation sites (tertiary alicyclic amines) is 1. The van der Waals surface area contributed by atoms with E-state index in [1.54, 1.807) is 0 Å². The van der Waals surface area contributed by atoms with Gasteiger partial charge in [0.05, 0.1) is 5.75 Å². The number of benzene rings is 1. The van der Waals surface area contributed by atoms with Gasteiger partial charge in [-0.25, -0.2) is 8.42 Å². The molecule has 4 heteroatoms. The monoisotopic (exact) mass is 293 g/mol. The van der Waals surface area contributed by atoms with Crippen LogP contribution in [0.3, 0.4) is 0 Å². The lowest BCUT2D eigenvalue weighted by Gasteiger charge is -2.31. The highest BCUT2D eigenvalue weighted by Crippen LogP contribution is 2.38. The van der Waals surface area contributed by atoms with Gasteiger partial charge in [0.15, 0.2) is 9.84 Å². The zero-order chi connectivity index (χ0) is 14.8. The lowest BCUT2D eigenvalue weighted by molar-refractivity contribution is 0.186. The van der Waals surface area contributed by atoms with Crippen LogP contribution >= 0.6 is 0 Å². The molecular formula is C16H23NO2S. The quantitative estimate of drug-likeness (QED) is 0.838. The molecule has 1 heterocycles. The molecule has 1 aliphatic rings. The van der Waals surface area contributed by atoms with Crippen LogP contribution in [0.15, 0.2) is 42.3 Å². The van der Waals surface area contributed by atoms with Crippen LogP contribution in [0.2, 0.25) is 0 Å². The first-order chi connectivity index (χ1) is 9.34. The normalized spacial score (nSPS) is 22.8. The van der Waals surface area contributed by atoms with Crippen molar-refractivity contribution in [2.24, 2.45) is 0 Å². The Morgan fingerprint density at radius 3 is 2.60 bits per heavy atom. The standard InChI is InChI=1S/C16H23NO2S/c1-4-20(18,19)11-10-17-13-15(12-16(17,2)3)14-8-6-5-7-9-14/h4-9,15H,1,10-13H2,2-3H3. The zero-order valence-corrected chi connectivity index (χ0v) is 13.1. The van der Waals surface area contributed by atoms with Gasteiger partial charge in [-0.3, -0.25) is 4.90 Å². The summed E-state index contributed by atoms with van der Waals surface area (Å²) in [7, 11) is -3.12. The number of hydrogen-bond donors (Lipinski definition) is 0. The second-order valence-corrected chi connectivity index (χ2v) is 8.17. The van der Waals surface area contributed by atoms with Crippen LogP contribution in [0.25, 0.3) is 0 Å². The summed E-state index contributed by atoms with van der Waals surface area (Å²) in [5, 5.41) is 1.06. The molecule has 110 valence electrons. The highest BCUT2D eigenvalue weighted by atomic mass is 32.2. The Kier molecular flexibility index (Phi) is 4.35. The number of sulfone groups is 1. The second-order valence-electron chi connectivity index (χ2n) is 6.10. The fourth-order valence-electron chi connectivity index (χ4n) is 2.97. The molecule has 1 fully saturated rings. The van der Waals surface area contributed by atoms with Crippen LogP contribution in [-0.4, -0.2) is 37.7 Å². The third kappa shape index (κ3) is 3.49. The van der Waals surface area contributed by atoms with Crippen LogP contribution in [0, 0.1) is 0 Å². The molecule has 0 aliphatic carbocycles. The van der Waals surface area contributed by atoms with Crippen molar-refractivity contribution in [3.63, 3.8) is 0 Å². The van der Waals surface area contributed by atoms with Gasteiger partial charge in [0.25, 0.3) is 0 Å². The maximum absolute atomic E-state index is 11.6. The van der Waals surface area contributed by atoms with Crippen molar-refractivity contribution >= 4 is 9.84 Å². The third-order valence-corrected chi connectivity index (χ3v) is 5.47. The van der Waals surface area contributed by atoms with E-state index in [1.807, 2.05) is 6.07 Å². The van der Waals surface area contributed by atoms with E-state index in [0.29, 0.717) is 12.5 Å². The fraction of sp³-hybridized carbons (Fsp3) is 0.500. The molecule has 3 nitrogen and oxygen atoms in total. The van der Waals surface area contributed by atoms with Crippen molar-refractivity contribution in [2.45, 2.75) is 31.7 Å². The van der Waals surface area contributed by atoms with Gasteiger partial charge in [0.2, 0.25) is 0 Å². The summed E-state index contributed by atoms with van der Waals surface area (Å²) in [5.74, 6) is 0.638. The zero-order valence-electron chi connectivity index (χ0n) is 12.2. The van der Waals surface area contributed by atoms with Gasteiger partial charge in [-0.05, 0) is 31.7 Å². The second kappa shape index (κ2) is 5.70. The van der Waals surface area contributed by atoms with E-state index in [-0.39, 0.29) is 11.3 Å². The molecular weight excluding hydrogens is 270 g/mol. The minimum absolute atomic E-state index is 0.0389. The smallest absolute Gasteiger partial charge is 0.172 e. The van der Waals surface area contributed by atoms with Gasteiger partial charge in [-0.1, -0.05) is 36.9 Å². The highest BCUT2D eigenvalue weighted by molar-refractivity contribution is 7.94. The van der Waals surface area contributed by atoms with Gasteiger partial charge < -0.3 is 0 Å². The summed E-state index contributed by atoms with van der Waals surface area (Å²) in [6, 6.07) is 10.5. The topological polar surface area (TPSA) is 37.4 Å². The Hall–Kier alpha value is -1.13. The minimum Gasteiger partial charge on any atom is -0.297 e. The molecule has 1 unspecified atom stereocenters. The first-order valence-electron chi connectivity index (χ1n) is 6.99. The van der Waals surface area contributed by atoms with Gasteiger partial charge in [-0.15, -0.1) is 0 Å². The van der Waals surface area contributed by atoms with E-state index in [1.165, 1.54) is 5.56 Å². The van der Waals surface area contributed by atoms with Gasteiger partial charge >= 0.3 is 0 Å². The summed E-state index contributed by atoms with van der Waals surface area (Å²) >= 11 is 0. The van der Waals surface area contributed by atoms with Crippen LogP contribution in [0.4, 0.5) is 0 Å². The summed E-state index contributed by atoms with van der Waals surface area (Å²) in [5.41, 5.74) is 1.38. The molecule has 1 atom stereocenters. The molecule has 0 radical (unpaired) electrons. The summed E-state index contributed by atoms with van der Waals surface area (Å²) in [6.07, 6.45) is 1.06. The molecule has 1 aromatic rings. The largest absolute Gasteiger partial charge is 0.297 e. The van der Waals surface area contributed by atoms with E-state index in [2.05, 4.69) is 49.6 Å². The van der Waals surface area contributed by atoms with Crippen molar-refractivity contribution in [3.05, 3.63) is 47.9 Å². The molecule has 0 N–H and O–H groups in total. The number of rotatable bonds is 5. The SMILES string of the molecule is C=CS(=O)(=O)CCN1CC(c2ccccc2)CC1(C)C. The summed E-state index contributed by atoms with van der Waals surface area (Å²) in [6.45, 7) is 9.25. The Labute approximate surface area is 122 Å². The predicted octanol–water partition coefficient (Wildman–Crippen LogP) is 2.81. The van der Waals surface area contributed by atoms with Gasteiger partial charge in [0, 0.05) is 24.0 Å². The molecule has 1 saturated heterocycles. The van der Waals surface area contributed by atoms with Crippen LogP contribution in [-0.2, 0) is 9.84 Å². The summed E-state index contributed by atoms with van der Waals surface area (Å²) < 4.78 is 23.1. The van der Waals surface area contributed by atoms with Gasteiger partial charge in [-0.2, -0.15) is 0 Å². The van der Waals surface area contributed by atoms with E-state index in [0.717, 1.165) is 18.4 Å². The van der Waals surface area contributed by atoms with E-state index in [9.17, 15) is 8.42 Å². The highest BCUT2D eigenvalue weighted by Gasteiger charge is 2.38. The third-order valence-electron chi connectivity index (χ3n) is 4.21. The number of nitrogens with zero attached hydrogens (tertiary/aromatic N) is 1. The Balaban J connectivity index is 2.06. The molecule has 0 bridgehead atoms. The van der Waals surface area contributed by atoms with Crippen LogP contribution in [0.5, 0.6) is 0 Å². The molecule has 0 aromatic heterocycles. The predicted molar refractivity (Wildman–Crippen MR) is 83.4 cm³/mol. The first kappa shape index (κ1) is 15.3. The molecule has 20 heavy (non-hydrogen) atoms. The van der Waals surface area contributed by atoms with Crippen molar-refractivity contribution in [2.75, 3.05) is 18.8 Å². The van der Waals surface area contributed by atoms with Gasteiger partial charge in [0.1, 0.15) is 0 Å². The number of hydrogen-bond acceptors (Lipinski definition) is 3. The molecule has 0 spiro atoms. The summed E-state index contributed by atoms with van der Waals surface area (Å²) in [4.78, 5) is 2.28. The van der Waals surface area contributed by atoms with Crippen molar-refractivity contribution in [1.82, 2.24) is 4.90 Å². The van der Waals surface area contributed by atoms with E-state index >= 15 is 0 Å². The first-order valence-corrected chi connectivity index (χ1v) is 8.71. The van der Waals surface area contributed by atoms with Crippen LogP contribution < -0.4 is 0 Å². The average Bonchev–Trinajstić information content (AvgIpc) is 2.73. The van der Waals surface area contributed by atoms with Crippen LogP contribution in [0.1, 0.15) is 31.7 Å². The van der Waals surface area contributed by atoms with E-state index < -0.39 is 9.84 Å². The Morgan fingerprint density at radius 2 is 2.00 bits per heavy atom. The minimum atomic E-state index is -3.12. The molecule has 0 amide bonds. The Morgan fingerprint density at radius 1 is 1.35 bits per heavy atom. The Bertz CT molecular complexity index is 563. The van der Waals surface area contributed by atoms with E-state index in [4.69, 9.17) is 0 Å². The molecule has 0 saturated carbocycles. The molecule has 1 aromatic carbocycles. The fourth-order valence-corrected chi connectivity index (χ4v) is 3.61. The van der Waals surface area contributed by atoms with Crippen molar-refractivity contribution in [3.8, 4) is 0 Å².